The zero-order valence-electron chi connectivity index (χ0n) is 15.8. The lowest BCUT2D eigenvalue weighted by atomic mass is 10.0. The highest BCUT2D eigenvalue weighted by atomic mass is 32.1. The van der Waals surface area contributed by atoms with E-state index in [1.165, 1.54) is 6.92 Å². The maximum absolute atomic E-state index is 12.5. The number of carbonyl (C=O) groups excluding carboxylic acids is 2. The molecule has 3 aromatic rings. The van der Waals surface area contributed by atoms with Gasteiger partial charge in [0.25, 0.3) is 0 Å². The van der Waals surface area contributed by atoms with Gasteiger partial charge in [-0.1, -0.05) is 66.7 Å². The number of Topliss-reactive ketones (excluding diaryl/α,β-unsaturated/α-hetero) is 1. The summed E-state index contributed by atoms with van der Waals surface area (Å²) in [6.07, 6.45) is 0.495. The van der Waals surface area contributed by atoms with Crippen LogP contribution < -0.4 is 10.6 Å². The number of hydrogen-bond acceptors (Lipinski definition) is 4. The third-order valence-electron chi connectivity index (χ3n) is 4.54. The van der Waals surface area contributed by atoms with Crippen LogP contribution in [0.4, 0.5) is 0 Å². The van der Waals surface area contributed by atoms with Crippen molar-refractivity contribution in [2.75, 3.05) is 6.54 Å². The molecule has 1 aromatic heterocycles. The third-order valence-corrected chi connectivity index (χ3v) is 5.47. The van der Waals surface area contributed by atoms with Gasteiger partial charge in [-0.05, 0) is 35.9 Å². The zero-order valence-corrected chi connectivity index (χ0v) is 16.6. The predicted octanol–water partition coefficient (Wildman–Crippen LogP) is 3.74. The molecule has 0 bridgehead atoms. The fraction of sp³-hybridized carbons (Fsp3) is 0.217. The summed E-state index contributed by atoms with van der Waals surface area (Å²) in [5, 5.41) is 8.23. The Labute approximate surface area is 169 Å². The van der Waals surface area contributed by atoms with Crippen molar-refractivity contribution in [2.45, 2.75) is 25.4 Å². The Morgan fingerprint density at radius 3 is 2.21 bits per heavy atom. The van der Waals surface area contributed by atoms with Crippen LogP contribution in [0.2, 0.25) is 0 Å². The summed E-state index contributed by atoms with van der Waals surface area (Å²) >= 11 is 1.65. The largest absolute Gasteiger partial charge is 0.345 e. The fourth-order valence-corrected chi connectivity index (χ4v) is 3.90. The van der Waals surface area contributed by atoms with Gasteiger partial charge in [-0.2, -0.15) is 0 Å². The van der Waals surface area contributed by atoms with E-state index >= 15 is 0 Å². The van der Waals surface area contributed by atoms with Crippen molar-refractivity contribution < 1.29 is 9.59 Å². The molecule has 0 saturated heterocycles. The van der Waals surface area contributed by atoms with Crippen molar-refractivity contribution in [1.82, 2.24) is 10.6 Å². The molecule has 0 aliphatic carbocycles. The molecule has 2 atom stereocenters. The number of hydrogen-bond donors (Lipinski definition) is 2. The summed E-state index contributed by atoms with van der Waals surface area (Å²) in [7, 11) is 0. The minimum Gasteiger partial charge on any atom is -0.345 e. The first-order valence-electron chi connectivity index (χ1n) is 9.29. The molecule has 1 heterocycles. The van der Waals surface area contributed by atoms with Gasteiger partial charge < -0.3 is 5.32 Å². The smallest absolute Gasteiger partial charge is 0.234 e. The molecule has 0 saturated carbocycles. The highest BCUT2D eigenvalue weighted by Crippen LogP contribution is 2.25. The summed E-state index contributed by atoms with van der Waals surface area (Å²) in [5.74, 6) is -0.233. The van der Waals surface area contributed by atoms with Gasteiger partial charge in [0.2, 0.25) is 5.91 Å². The van der Waals surface area contributed by atoms with E-state index in [4.69, 9.17) is 0 Å². The van der Waals surface area contributed by atoms with Crippen LogP contribution in [-0.2, 0) is 16.0 Å². The Morgan fingerprint density at radius 1 is 0.929 bits per heavy atom. The molecule has 5 heteroatoms. The second-order valence-electron chi connectivity index (χ2n) is 6.66. The first-order chi connectivity index (χ1) is 13.6. The Kier molecular flexibility index (Phi) is 7.12. The van der Waals surface area contributed by atoms with Crippen LogP contribution in [0.25, 0.3) is 0 Å². The number of carbonyl (C=O) groups is 2. The van der Waals surface area contributed by atoms with Crippen LogP contribution >= 0.6 is 11.3 Å². The van der Waals surface area contributed by atoms with Crippen LogP contribution in [-0.4, -0.2) is 24.3 Å². The molecule has 144 valence electrons. The topological polar surface area (TPSA) is 58.2 Å². The quantitative estimate of drug-likeness (QED) is 0.583. The van der Waals surface area contributed by atoms with E-state index < -0.39 is 6.04 Å². The number of rotatable bonds is 9. The molecule has 1 amide bonds. The third kappa shape index (κ3) is 5.62. The predicted molar refractivity (Wildman–Crippen MR) is 113 cm³/mol. The van der Waals surface area contributed by atoms with Crippen LogP contribution in [0, 0.1) is 0 Å². The van der Waals surface area contributed by atoms with Gasteiger partial charge in [0.05, 0.1) is 18.6 Å². The summed E-state index contributed by atoms with van der Waals surface area (Å²) in [6, 6.07) is 23.2. The van der Waals surface area contributed by atoms with Gasteiger partial charge in [-0.3, -0.25) is 14.9 Å². The van der Waals surface area contributed by atoms with E-state index in [1.807, 2.05) is 72.1 Å². The number of nitrogens with one attached hydrogen (secondary N) is 2. The summed E-state index contributed by atoms with van der Waals surface area (Å²) < 4.78 is 0. The molecule has 0 unspecified atom stereocenters. The average molecular weight is 393 g/mol. The van der Waals surface area contributed by atoms with E-state index in [0.717, 1.165) is 16.0 Å². The molecule has 28 heavy (non-hydrogen) atoms. The van der Waals surface area contributed by atoms with Crippen LogP contribution in [0.1, 0.15) is 29.0 Å². The lowest BCUT2D eigenvalue weighted by molar-refractivity contribution is -0.126. The number of ketones is 1. The Balaban J connectivity index is 1.63. The molecule has 2 N–H and O–H groups in total. The highest BCUT2D eigenvalue weighted by molar-refractivity contribution is 7.10. The number of benzene rings is 2. The Hall–Kier alpha value is -2.76. The molecular weight excluding hydrogens is 368 g/mol. The number of amides is 1. The van der Waals surface area contributed by atoms with E-state index in [1.54, 1.807) is 11.3 Å². The van der Waals surface area contributed by atoms with Gasteiger partial charge in [-0.25, -0.2) is 0 Å². The minimum absolute atomic E-state index is 0.0462. The van der Waals surface area contributed by atoms with E-state index in [-0.39, 0.29) is 24.3 Å². The van der Waals surface area contributed by atoms with Crippen LogP contribution in [0.15, 0.2) is 78.2 Å². The Morgan fingerprint density at radius 2 is 1.61 bits per heavy atom. The van der Waals surface area contributed by atoms with Crippen LogP contribution in [0.5, 0.6) is 0 Å². The lowest BCUT2D eigenvalue weighted by Gasteiger charge is -2.20. The molecule has 0 aliphatic rings. The minimum atomic E-state index is -0.520. The molecule has 2 aromatic carbocycles. The van der Waals surface area contributed by atoms with Crippen molar-refractivity contribution in [3.05, 3.63) is 94.2 Å². The number of thiophene rings is 1. The van der Waals surface area contributed by atoms with Gasteiger partial charge >= 0.3 is 0 Å². The Bertz CT molecular complexity index is 879. The second kappa shape index (κ2) is 9.97. The molecule has 0 fully saturated rings. The maximum Gasteiger partial charge on any atom is 0.234 e. The normalized spacial score (nSPS) is 12.9. The van der Waals surface area contributed by atoms with Crippen molar-refractivity contribution in [3.63, 3.8) is 0 Å². The second-order valence-corrected chi connectivity index (χ2v) is 7.64. The van der Waals surface area contributed by atoms with Gasteiger partial charge in [0.15, 0.2) is 5.78 Å². The summed E-state index contributed by atoms with van der Waals surface area (Å²) in [4.78, 5) is 25.7. The van der Waals surface area contributed by atoms with Crippen molar-refractivity contribution in [3.8, 4) is 0 Å². The first kappa shape index (κ1) is 20.0. The molecule has 0 spiro atoms. The lowest BCUT2D eigenvalue weighted by Crippen LogP contribution is -2.45. The first-order valence-corrected chi connectivity index (χ1v) is 10.2. The van der Waals surface area contributed by atoms with Crippen molar-refractivity contribution in [2.24, 2.45) is 0 Å². The standard InChI is InChI=1S/C23H24N2O2S/c1-17(26)20(15-18-9-4-2-5-10-18)25-22(27)16-24-23(21-13-8-14-28-21)19-11-6-3-7-12-19/h2-14,20,23-24H,15-16H2,1H3,(H,25,27)/t20-,23-/m1/s1. The highest BCUT2D eigenvalue weighted by Gasteiger charge is 2.20. The SMILES string of the molecule is CC(=O)[C@@H](Cc1ccccc1)NC(=O)CN[C@H](c1ccccc1)c1cccs1. The van der Waals surface area contributed by atoms with E-state index in [9.17, 15) is 9.59 Å². The molecular formula is C23H24N2O2S. The molecule has 0 aliphatic heterocycles. The summed E-state index contributed by atoms with van der Waals surface area (Å²) in [6.45, 7) is 1.65. The average Bonchev–Trinajstić information content (AvgIpc) is 3.24. The van der Waals surface area contributed by atoms with Gasteiger partial charge in [0.1, 0.15) is 0 Å². The molecule has 0 radical (unpaired) electrons. The van der Waals surface area contributed by atoms with Crippen LogP contribution in [0.3, 0.4) is 0 Å². The van der Waals surface area contributed by atoms with Gasteiger partial charge in [-0.15, -0.1) is 11.3 Å². The van der Waals surface area contributed by atoms with Gasteiger partial charge in [0, 0.05) is 4.88 Å². The zero-order chi connectivity index (χ0) is 19.8. The molecule has 4 nitrogen and oxygen atoms in total. The van der Waals surface area contributed by atoms with E-state index in [2.05, 4.69) is 16.7 Å². The van der Waals surface area contributed by atoms with Crippen molar-refractivity contribution >= 4 is 23.0 Å². The monoisotopic (exact) mass is 392 g/mol. The fourth-order valence-electron chi connectivity index (χ4n) is 3.07. The molecule has 3 rings (SSSR count). The maximum atomic E-state index is 12.5. The van der Waals surface area contributed by atoms with E-state index in [0.29, 0.717) is 6.42 Å². The summed E-state index contributed by atoms with van der Waals surface area (Å²) in [5.41, 5.74) is 2.13. The van der Waals surface area contributed by atoms with Crippen molar-refractivity contribution in [1.29, 1.82) is 0 Å².